The van der Waals surface area contributed by atoms with Crippen LogP contribution in [0.15, 0.2) is 77.6 Å². The summed E-state index contributed by atoms with van der Waals surface area (Å²) in [6, 6.07) is 22.6. The van der Waals surface area contributed by atoms with E-state index in [9.17, 15) is 9.59 Å². The number of anilines is 1. The number of para-hydroxylation sites is 1. The molecule has 0 aliphatic carbocycles. The van der Waals surface area contributed by atoms with E-state index >= 15 is 0 Å². The van der Waals surface area contributed by atoms with E-state index in [1.807, 2.05) is 93.6 Å². The molecule has 0 fully saturated rings. The van der Waals surface area contributed by atoms with Gasteiger partial charge in [-0.05, 0) is 73.7 Å². The number of hydrogen-bond donors (Lipinski definition) is 1. The molecular weight excluding hydrogens is 400 g/mol. The average Bonchev–Trinajstić information content (AvgIpc) is 2.79. The van der Waals surface area contributed by atoms with E-state index in [1.165, 1.54) is 0 Å². The van der Waals surface area contributed by atoms with Gasteiger partial charge in [0.15, 0.2) is 0 Å². The molecule has 1 aromatic heterocycles. The second-order valence-corrected chi connectivity index (χ2v) is 7.80. The van der Waals surface area contributed by atoms with Gasteiger partial charge in [-0.1, -0.05) is 36.4 Å². The summed E-state index contributed by atoms with van der Waals surface area (Å²) in [6.07, 6.45) is 0. The van der Waals surface area contributed by atoms with Gasteiger partial charge in [-0.2, -0.15) is 0 Å². The maximum Gasteiger partial charge on any atom is 0.258 e. The zero-order chi connectivity index (χ0) is 22.7. The number of amides is 1. The number of carbonyl (C=O) groups excluding carboxylic acids is 1. The number of hydrogen-bond acceptors (Lipinski definition) is 3. The highest BCUT2D eigenvalue weighted by Crippen LogP contribution is 2.25. The summed E-state index contributed by atoms with van der Waals surface area (Å²) < 4.78 is 5.54. The van der Waals surface area contributed by atoms with Gasteiger partial charge < -0.3 is 14.6 Å². The van der Waals surface area contributed by atoms with Crippen LogP contribution in [0, 0.1) is 13.8 Å². The predicted octanol–water partition coefficient (Wildman–Crippen LogP) is 5.39. The van der Waals surface area contributed by atoms with E-state index in [0.717, 1.165) is 27.8 Å². The Labute approximate surface area is 187 Å². The molecule has 0 saturated heterocycles. The number of rotatable bonds is 6. The van der Waals surface area contributed by atoms with Crippen LogP contribution in [0.2, 0.25) is 0 Å². The molecule has 162 valence electrons. The number of aromatic amines is 1. The van der Waals surface area contributed by atoms with Crippen LogP contribution in [0.5, 0.6) is 5.75 Å². The Morgan fingerprint density at radius 1 is 0.938 bits per heavy atom. The van der Waals surface area contributed by atoms with Crippen molar-refractivity contribution in [1.29, 1.82) is 0 Å². The van der Waals surface area contributed by atoms with Gasteiger partial charge in [-0.15, -0.1) is 0 Å². The molecule has 0 aliphatic heterocycles. The number of nitrogens with one attached hydrogen (secondary N) is 1. The molecule has 0 bridgehead atoms. The van der Waals surface area contributed by atoms with Crippen LogP contribution in [0.4, 0.5) is 5.69 Å². The first kappa shape index (κ1) is 21.4. The van der Waals surface area contributed by atoms with Gasteiger partial charge in [0, 0.05) is 16.8 Å². The number of aryl methyl sites for hydroxylation is 2. The SMILES string of the molecule is CCOc1ccc(N(Cc2cc3cccc(C)c3[nH]c2=O)C(=O)c2ccccc2C)cc1. The van der Waals surface area contributed by atoms with Crippen molar-refractivity contribution in [2.75, 3.05) is 11.5 Å². The quantitative estimate of drug-likeness (QED) is 0.450. The number of H-pyrrole nitrogens is 1. The number of fused-ring (bicyclic) bond motifs is 1. The normalized spacial score (nSPS) is 10.8. The van der Waals surface area contributed by atoms with Crippen LogP contribution in [-0.4, -0.2) is 17.5 Å². The van der Waals surface area contributed by atoms with Crippen molar-refractivity contribution in [2.24, 2.45) is 0 Å². The Bertz CT molecular complexity index is 1320. The van der Waals surface area contributed by atoms with Crippen molar-refractivity contribution >= 4 is 22.5 Å². The highest BCUT2D eigenvalue weighted by Gasteiger charge is 2.21. The molecule has 32 heavy (non-hydrogen) atoms. The minimum absolute atomic E-state index is 0.153. The van der Waals surface area contributed by atoms with Crippen molar-refractivity contribution in [3.8, 4) is 5.75 Å². The number of nitrogens with zero attached hydrogens (tertiary/aromatic N) is 1. The first-order valence-corrected chi connectivity index (χ1v) is 10.7. The third-order valence-electron chi connectivity index (χ3n) is 5.57. The Hall–Kier alpha value is -3.86. The van der Waals surface area contributed by atoms with Crippen LogP contribution in [0.1, 0.15) is 34.0 Å². The summed E-state index contributed by atoms with van der Waals surface area (Å²) >= 11 is 0. The summed E-state index contributed by atoms with van der Waals surface area (Å²) in [4.78, 5) is 31.1. The lowest BCUT2D eigenvalue weighted by Gasteiger charge is -2.24. The lowest BCUT2D eigenvalue weighted by Crippen LogP contribution is -2.33. The molecule has 5 nitrogen and oxygen atoms in total. The molecule has 1 amide bonds. The van der Waals surface area contributed by atoms with Crippen LogP contribution in [0.25, 0.3) is 10.9 Å². The standard InChI is InChI=1S/C27H26N2O3/c1-4-32-23-14-12-22(13-15-23)29(27(31)24-11-6-5-8-18(24)2)17-21-16-20-10-7-9-19(3)25(20)28-26(21)30/h5-16H,4,17H2,1-3H3,(H,28,30). The first-order valence-electron chi connectivity index (χ1n) is 10.7. The summed E-state index contributed by atoms with van der Waals surface area (Å²) in [5.74, 6) is 0.578. The van der Waals surface area contributed by atoms with Crippen molar-refractivity contribution in [1.82, 2.24) is 4.98 Å². The summed E-state index contributed by atoms with van der Waals surface area (Å²) in [5.41, 5.74) is 4.35. The van der Waals surface area contributed by atoms with Crippen LogP contribution >= 0.6 is 0 Å². The molecule has 0 radical (unpaired) electrons. The van der Waals surface area contributed by atoms with Gasteiger partial charge in [0.1, 0.15) is 5.75 Å². The van der Waals surface area contributed by atoms with Crippen molar-refractivity contribution in [2.45, 2.75) is 27.3 Å². The minimum Gasteiger partial charge on any atom is -0.494 e. The predicted molar refractivity (Wildman–Crippen MR) is 129 cm³/mol. The highest BCUT2D eigenvalue weighted by atomic mass is 16.5. The number of carbonyl (C=O) groups is 1. The fourth-order valence-electron chi connectivity index (χ4n) is 3.84. The molecule has 1 heterocycles. The second kappa shape index (κ2) is 9.10. The fraction of sp³-hybridized carbons (Fsp3) is 0.185. The summed E-state index contributed by atoms with van der Waals surface area (Å²) in [5, 5.41) is 0.939. The monoisotopic (exact) mass is 426 g/mol. The van der Waals surface area contributed by atoms with E-state index in [2.05, 4.69) is 4.98 Å². The number of aromatic nitrogens is 1. The Kier molecular flexibility index (Phi) is 6.08. The van der Waals surface area contributed by atoms with Crippen LogP contribution in [-0.2, 0) is 6.54 Å². The topological polar surface area (TPSA) is 62.4 Å². The lowest BCUT2D eigenvalue weighted by molar-refractivity contribution is 0.0984. The van der Waals surface area contributed by atoms with Crippen LogP contribution in [0.3, 0.4) is 0 Å². The molecular formula is C27H26N2O3. The first-order chi connectivity index (χ1) is 15.5. The van der Waals surface area contributed by atoms with Crippen molar-refractivity contribution < 1.29 is 9.53 Å². The third-order valence-corrected chi connectivity index (χ3v) is 5.57. The molecule has 4 rings (SSSR count). The zero-order valence-electron chi connectivity index (χ0n) is 18.5. The molecule has 0 atom stereocenters. The number of pyridine rings is 1. The molecule has 0 unspecified atom stereocenters. The number of benzene rings is 3. The van der Waals surface area contributed by atoms with Crippen molar-refractivity contribution in [3.05, 3.63) is 105 Å². The zero-order valence-corrected chi connectivity index (χ0v) is 18.5. The third kappa shape index (κ3) is 4.28. The van der Waals surface area contributed by atoms with Gasteiger partial charge in [0.2, 0.25) is 0 Å². The van der Waals surface area contributed by atoms with E-state index < -0.39 is 0 Å². The lowest BCUT2D eigenvalue weighted by atomic mass is 10.1. The molecule has 1 N–H and O–H groups in total. The molecule has 0 saturated carbocycles. The molecule has 4 aromatic rings. The Balaban J connectivity index is 1.78. The molecule has 0 aliphatic rings. The van der Waals surface area contributed by atoms with Gasteiger partial charge in [0.05, 0.1) is 18.7 Å². The van der Waals surface area contributed by atoms with E-state index in [0.29, 0.717) is 23.4 Å². The second-order valence-electron chi connectivity index (χ2n) is 7.80. The van der Waals surface area contributed by atoms with Crippen molar-refractivity contribution in [3.63, 3.8) is 0 Å². The smallest absolute Gasteiger partial charge is 0.258 e. The maximum atomic E-state index is 13.6. The van der Waals surface area contributed by atoms with Gasteiger partial charge in [0.25, 0.3) is 11.5 Å². The minimum atomic E-state index is -0.194. The van der Waals surface area contributed by atoms with Gasteiger partial charge in [-0.3, -0.25) is 9.59 Å². The Morgan fingerprint density at radius 2 is 1.66 bits per heavy atom. The summed E-state index contributed by atoms with van der Waals surface area (Å²) in [7, 11) is 0. The fourth-order valence-corrected chi connectivity index (χ4v) is 3.84. The largest absolute Gasteiger partial charge is 0.494 e. The Morgan fingerprint density at radius 3 is 2.38 bits per heavy atom. The average molecular weight is 427 g/mol. The van der Waals surface area contributed by atoms with Gasteiger partial charge in [-0.25, -0.2) is 0 Å². The number of ether oxygens (including phenoxy) is 1. The van der Waals surface area contributed by atoms with E-state index in [1.54, 1.807) is 4.90 Å². The molecule has 3 aromatic carbocycles. The van der Waals surface area contributed by atoms with Gasteiger partial charge >= 0.3 is 0 Å². The maximum absolute atomic E-state index is 13.6. The van der Waals surface area contributed by atoms with E-state index in [-0.39, 0.29) is 18.0 Å². The summed E-state index contributed by atoms with van der Waals surface area (Å²) in [6.45, 7) is 6.52. The highest BCUT2D eigenvalue weighted by molar-refractivity contribution is 6.07. The van der Waals surface area contributed by atoms with E-state index in [4.69, 9.17) is 4.74 Å². The van der Waals surface area contributed by atoms with Crippen LogP contribution < -0.4 is 15.2 Å². The molecule has 5 heteroatoms. The molecule has 0 spiro atoms.